The molecule has 40 heavy (non-hydrogen) atoms. The highest BCUT2D eigenvalue weighted by molar-refractivity contribution is 5.83. The third kappa shape index (κ3) is 4.80. The highest BCUT2D eigenvalue weighted by Gasteiger charge is 2.27. The van der Waals surface area contributed by atoms with E-state index in [1.54, 1.807) is 36.4 Å². The van der Waals surface area contributed by atoms with E-state index >= 15 is 0 Å². The van der Waals surface area contributed by atoms with E-state index in [0.717, 1.165) is 55.3 Å². The fraction of sp³-hybridized carbons (Fsp3) is 0.200. The van der Waals surface area contributed by atoms with E-state index in [1.807, 2.05) is 0 Å². The maximum absolute atomic E-state index is 14.1. The van der Waals surface area contributed by atoms with E-state index in [9.17, 15) is 27.8 Å². The summed E-state index contributed by atoms with van der Waals surface area (Å²) in [6, 6.07) is 14.5. The highest BCUT2D eigenvalue weighted by atomic mass is 19.1. The van der Waals surface area contributed by atoms with Crippen LogP contribution < -0.4 is 9.64 Å². The van der Waals surface area contributed by atoms with Crippen LogP contribution in [0.25, 0.3) is 22.3 Å². The van der Waals surface area contributed by atoms with Crippen molar-refractivity contribution in [2.75, 3.05) is 44.3 Å². The lowest BCUT2D eigenvalue weighted by Gasteiger charge is -2.35. The van der Waals surface area contributed by atoms with Crippen LogP contribution in [0.3, 0.4) is 0 Å². The number of nitrogens with zero attached hydrogens (tertiary/aromatic N) is 2. The molecule has 1 saturated heterocycles. The van der Waals surface area contributed by atoms with E-state index in [0.29, 0.717) is 42.4 Å². The first-order valence-corrected chi connectivity index (χ1v) is 12.7. The number of fused-ring (bicyclic) bond motifs is 2. The number of hydrogen-bond donors (Lipinski definition) is 2. The Morgan fingerprint density at radius 3 is 1.50 bits per heavy atom. The second-order valence-electron chi connectivity index (χ2n) is 9.65. The Hall–Kier alpha value is -4.28. The number of anilines is 2. The van der Waals surface area contributed by atoms with Crippen LogP contribution in [0.1, 0.15) is 0 Å². The molecular formula is C30H24F4N2O4. The summed E-state index contributed by atoms with van der Waals surface area (Å²) >= 11 is 0. The molecule has 4 aromatic carbocycles. The predicted octanol–water partition coefficient (Wildman–Crippen LogP) is 6.56. The molecular weight excluding hydrogens is 528 g/mol. The maximum Gasteiger partial charge on any atom is 0.187 e. The summed E-state index contributed by atoms with van der Waals surface area (Å²) in [5.74, 6) is -5.57. The van der Waals surface area contributed by atoms with E-state index in [4.69, 9.17) is 9.47 Å². The Kier molecular flexibility index (Phi) is 6.73. The molecule has 2 aliphatic rings. The molecule has 6 rings (SSSR count). The van der Waals surface area contributed by atoms with Crippen molar-refractivity contribution in [1.29, 1.82) is 0 Å². The quantitative estimate of drug-likeness (QED) is 0.273. The number of rotatable bonds is 5. The van der Waals surface area contributed by atoms with Crippen molar-refractivity contribution in [2.45, 2.75) is 0 Å². The minimum absolute atomic E-state index is 0.216. The van der Waals surface area contributed by atoms with Crippen LogP contribution >= 0.6 is 0 Å². The van der Waals surface area contributed by atoms with Gasteiger partial charge in [0.2, 0.25) is 0 Å². The van der Waals surface area contributed by atoms with Crippen molar-refractivity contribution in [3.05, 3.63) is 83.9 Å². The van der Waals surface area contributed by atoms with E-state index < -0.39 is 34.8 Å². The van der Waals surface area contributed by atoms with Gasteiger partial charge in [0, 0.05) is 26.2 Å². The maximum atomic E-state index is 14.1. The third-order valence-electron chi connectivity index (χ3n) is 7.17. The lowest BCUT2D eigenvalue weighted by Crippen LogP contribution is -2.41. The van der Waals surface area contributed by atoms with E-state index in [-0.39, 0.29) is 11.1 Å². The topological polar surface area (TPSA) is 65.4 Å². The Balaban J connectivity index is 1.40. The fourth-order valence-electron chi connectivity index (χ4n) is 5.02. The van der Waals surface area contributed by atoms with E-state index in [2.05, 4.69) is 9.80 Å². The summed E-state index contributed by atoms with van der Waals surface area (Å²) in [5.41, 5.74) is 2.83. The minimum Gasteiger partial charge on any atom is -0.503 e. The SMILES string of the molecule is Oc1c(F)cc(-c2ccc3c(c2)Oc2cc(-c4cc(F)c(O)c(F)c4)ccc2N3CCN2CCOCC2)cc1F. The van der Waals surface area contributed by atoms with Gasteiger partial charge < -0.3 is 24.6 Å². The first kappa shape index (κ1) is 26.0. The highest BCUT2D eigenvalue weighted by Crippen LogP contribution is 2.49. The Morgan fingerprint density at radius 1 is 0.600 bits per heavy atom. The average molecular weight is 553 g/mol. The Morgan fingerprint density at radius 2 is 1.05 bits per heavy atom. The van der Waals surface area contributed by atoms with Gasteiger partial charge in [0.05, 0.1) is 24.6 Å². The van der Waals surface area contributed by atoms with Gasteiger partial charge in [0.1, 0.15) is 0 Å². The summed E-state index contributed by atoms with van der Waals surface area (Å²) in [5, 5.41) is 19.0. The normalized spacial score (nSPS) is 14.9. The van der Waals surface area contributed by atoms with Gasteiger partial charge in [-0.1, -0.05) is 12.1 Å². The molecule has 0 saturated carbocycles. The fourth-order valence-corrected chi connectivity index (χ4v) is 5.02. The van der Waals surface area contributed by atoms with Gasteiger partial charge >= 0.3 is 0 Å². The molecule has 6 nitrogen and oxygen atoms in total. The number of aromatic hydroxyl groups is 2. The molecule has 2 N–H and O–H groups in total. The van der Waals surface area contributed by atoms with Crippen molar-refractivity contribution in [2.24, 2.45) is 0 Å². The molecule has 0 aromatic heterocycles. The second kappa shape index (κ2) is 10.4. The summed E-state index contributed by atoms with van der Waals surface area (Å²) in [6.45, 7) is 4.24. The third-order valence-corrected chi connectivity index (χ3v) is 7.17. The van der Waals surface area contributed by atoms with Gasteiger partial charge in [-0.2, -0.15) is 0 Å². The van der Waals surface area contributed by atoms with Crippen LogP contribution in [-0.2, 0) is 4.74 Å². The number of halogens is 4. The van der Waals surface area contributed by atoms with Crippen molar-refractivity contribution < 1.29 is 37.2 Å². The number of hydrogen-bond acceptors (Lipinski definition) is 6. The average Bonchev–Trinajstić information content (AvgIpc) is 2.96. The zero-order valence-electron chi connectivity index (χ0n) is 21.1. The molecule has 0 spiro atoms. The number of benzene rings is 4. The summed E-state index contributed by atoms with van der Waals surface area (Å²) in [6.07, 6.45) is 0. The lowest BCUT2D eigenvalue weighted by atomic mass is 10.0. The molecule has 10 heteroatoms. The molecule has 0 radical (unpaired) electrons. The molecule has 4 aromatic rings. The van der Waals surface area contributed by atoms with Crippen LogP contribution in [0.5, 0.6) is 23.0 Å². The number of morpholine rings is 1. The molecule has 2 aliphatic heterocycles. The zero-order chi connectivity index (χ0) is 28.0. The first-order chi connectivity index (χ1) is 19.3. The first-order valence-electron chi connectivity index (χ1n) is 12.7. The summed E-state index contributed by atoms with van der Waals surface area (Å²) in [7, 11) is 0. The molecule has 1 fully saturated rings. The van der Waals surface area contributed by atoms with Gasteiger partial charge in [-0.05, 0) is 70.8 Å². The smallest absolute Gasteiger partial charge is 0.187 e. The number of phenols is 2. The van der Waals surface area contributed by atoms with E-state index in [1.165, 1.54) is 0 Å². The van der Waals surface area contributed by atoms with Crippen LogP contribution in [0.2, 0.25) is 0 Å². The van der Waals surface area contributed by atoms with Crippen LogP contribution in [0.4, 0.5) is 28.9 Å². The van der Waals surface area contributed by atoms with Gasteiger partial charge in [0.25, 0.3) is 0 Å². The summed E-state index contributed by atoms with van der Waals surface area (Å²) in [4.78, 5) is 4.35. The zero-order valence-corrected chi connectivity index (χ0v) is 21.1. The standard InChI is InChI=1S/C30H24F4N2O4/c31-21-11-19(12-22(32)29(21)37)17-1-3-25-27(15-17)40-28-16-18(20-13-23(33)30(38)24(34)14-20)2-4-26(28)36(25)6-5-35-7-9-39-10-8-35/h1-4,11-16,37-38H,5-10H2. The molecule has 0 bridgehead atoms. The number of phenolic OH excluding ortho intramolecular Hbond substituents is 2. The molecule has 0 unspecified atom stereocenters. The van der Waals surface area contributed by atoms with Crippen LogP contribution in [0.15, 0.2) is 60.7 Å². The largest absolute Gasteiger partial charge is 0.503 e. The van der Waals surface area contributed by atoms with Crippen LogP contribution in [0, 0.1) is 23.3 Å². The van der Waals surface area contributed by atoms with Gasteiger partial charge in [-0.25, -0.2) is 17.6 Å². The lowest BCUT2D eigenvalue weighted by molar-refractivity contribution is 0.0394. The predicted molar refractivity (Wildman–Crippen MR) is 141 cm³/mol. The monoisotopic (exact) mass is 552 g/mol. The second-order valence-corrected chi connectivity index (χ2v) is 9.65. The molecule has 2 heterocycles. The number of ether oxygens (including phenoxy) is 2. The Bertz CT molecular complexity index is 1450. The molecule has 0 amide bonds. The minimum atomic E-state index is -1.08. The van der Waals surface area contributed by atoms with Crippen molar-refractivity contribution in [3.63, 3.8) is 0 Å². The molecule has 206 valence electrons. The summed E-state index contributed by atoms with van der Waals surface area (Å²) < 4.78 is 68.0. The van der Waals surface area contributed by atoms with Crippen molar-refractivity contribution >= 4 is 11.4 Å². The van der Waals surface area contributed by atoms with Crippen molar-refractivity contribution in [1.82, 2.24) is 4.90 Å². The van der Waals surface area contributed by atoms with Crippen molar-refractivity contribution in [3.8, 4) is 45.3 Å². The van der Waals surface area contributed by atoms with Gasteiger partial charge in [-0.3, -0.25) is 4.90 Å². The molecule has 0 atom stereocenters. The molecule has 0 aliphatic carbocycles. The van der Waals surface area contributed by atoms with Gasteiger partial charge in [-0.15, -0.1) is 0 Å². The van der Waals surface area contributed by atoms with Gasteiger partial charge in [0.15, 0.2) is 46.3 Å². The van der Waals surface area contributed by atoms with Crippen LogP contribution in [-0.4, -0.2) is 54.5 Å². The Labute approximate surface area is 227 Å².